The van der Waals surface area contributed by atoms with Crippen LogP contribution >= 0.6 is 0 Å². The molecule has 0 radical (unpaired) electrons. The van der Waals surface area contributed by atoms with Crippen molar-refractivity contribution < 1.29 is 4.39 Å². The first-order chi connectivity index (χ1) is 7.74. The van der Waals surface area contributed by atoms with Crippen LogP contribution in [0.5, 0.6) is 0 Å². The van der Waals surface area contributed by atoms with Crippen LogP contribution in [0.15, 0.2) is 30.3 Å². The molecule has 0 atom stereocenters. The molecule has 0 bridgehead atoms. The second-order valence-electron chi connectivity index (χ2n) is 4.64. The molecular formula is C14H18FN. The molecule has 1 nitrogen and oxygen atoms in total. The number of halogens is 1. The fourth-order valence-corrected chi connectivity index (χ4v) is 2.27. The molecule has 2 heteroatoms. The second-order valence-corrected chi connectivity index (χ2v) is 4.64. The summed E-state index contributed by atoms with van der Waals surface area (Å²) in [4.78, 5) is 0. The van der Waals surface area contributed by atoms with Crippen LogP contribution in [0.3, 0.4) is 0 Å². The smallest absolute Gasteiger partial charge is 0.123 e. The molecule has 0 spiro atoms. The summed E-state index contributed by atoms with van der Waals surface area (Å²) >= 11 is 0. The van der Waals surface area contributed by atoms with Gasteiger partial charge >= 0.3 is 0 Å². The third-order valence-electron chi connectivity index (χ3n) is 3.49. The third kappa shape index (κ3) is 2.50. The second kappa shape index (κ2) is 4.79. The van der Waals surface area contributed by atoms with Crippen LogP contribution in [0.25, 0.3) is 6.08 Å². The molecule has 1 fully saturated rings. The van der Waals surface area contributed by atoms with Gasteiger partial charge in [0.05, 0.1) is 0 Å². The van der Waals surface area contributed by atoms with Gasteiger partial charge in [0.1, 0.15) is 5.82 Å². The predicted molar refractivity (Wildman–Crippen MR) is 65.4 cm³/mol. The van der Waals surface area contributed by atoms with E-state index in [9.17, 15) is 4.39 Å². The highest BCUT2D eigenvalue weighted by atomic mass is 19.1. The van der Waals surface area contributed by atoms with Crippen molar-refractivity contribution in [1.82, 2.24) is 0 Å². The van der Waals surface area contributed by atoms with Gasteiger partial charge in [-0.05, 0) is 48.9 Å². The molecule has 2 N–H and O–H groups in total. The summed E-state index contributed by atoms with van der Waals surface area (Å²) in [7, 11) is 0. The summed E-state index contributed by atoms with van der Waals surface area (Å²) in [6.45, 7) is 0.744. The summed E-state index contributed by atoms with van der Waals surface area (Å²) in [6.07, 6.45) is 9.19. The molecule has 0 saturated heterocycles. The maximum absolute atomic E-state index is 12.7. The van der Waals surface area contributed by atoms with Gasteiger partial charge in [-0.15, -0.1) is 0 Å². The molecule has 1 aromatic rings. The molecule has 1 aromatic carbocycles. The number of nitrogens with two attached hydrogens (primary N) is 1. The van der Waals surface area contributed by atoms with E-state index in [1.165, 1.54) is 31.4 Å². The minimum absolute atomic E-state index is 0.183. The maximum atomic E-state index is 12.7. The van der Waals surface area contributed by atoms with Crippen molar-refractivity contribution in [2.75, 3.05) is 6.54 Å². The van der Waals surface area contributed by atoms with Gasteiger partial charge in [0.25, 0.3) is 0 Å². The highest BCUT2D eigenvalue weighted by Crippen LogP contribution is 2.45. The highest BCUT2D eigenvalue weighted by Gasteiger charge is 2.33. The van der Waals surface area contributed by atoms with Gasteiger partial charge in [0.2, 0.25) is 0 Å². The summed E-state index contributed by atoms with van der Waals surface area (Å²) < 4.78 is 12.7. The van der Waals surface area contributed by atoms with E-state index in [0.29, 0.717) is 5.41 Å². The standard InChI is InChI=1S/C14H18FN/c15-13-4-2-12(3-5-13)6-9-14(10-11-16)7-1-8-14/h2-6,9H,1,7-8,10-11,16H2/b9-6+. The molecule has 1 aliphatic rings. The Bertz CT molecular complexity index is 363. The Morgan fingerprint density at radius 1 is 1.25 bits per heavy atom. The summed E-state index contributed by atoms with van der Waals surface area (Å²) in [6, 6.07) is 6.60. The SMILES string of the molecule is NCCC1(/C=C/c2ccc(F)cc2)CCC1. The molecule has 2 rings (SSSR count). The van der Waals surface area contributed by atoms with Crippen molar-refractivity contribution in [3.05, 3.63) is 41.7 Å². The van der Waals surface area contributed by atoms with Crippen molar-refractivity contribution in [2.45, 2.75) is 25.7 Å². The normalized spacial score (nSPS) is 18.6. The van der Waals surface area contributed by atoms with Crippen molar-refractivity contribution in [2.24, 2.45) is 11.1 Å². The van der Waals surface area contributed by atoms with Gasteiger partial charge in [-0.1, -0.05) is 30.7 Å². The largest absolute Gasteiger partial charge is 0.330 e. The zero-order valence-electron chi connectivity index (χ0n) is 9.45. The van der Waals surface area contributed by atoms with Crippen LogP contribution in [0.1, 0.15) is 31.2 Å². The predicted octanol–water partition coefficient (Wildman–Crippen LogP) is 3.36. The van der Waals surface area contributed by atoms with Gasteiger partial charge in [-0.2, -0.15) is 0 Å². The topological polar surface area (TPSA) is 26.0 Å². The number of benzene rings is 1. The first kappa shape index (κ1) is 11.3. The van der Waals surface area contributed by atoms with E-state index in [0.717, 1.165) is 18.5 Å². The van der Waals surface area contributed by atoms with E-state index >= 15 is 0 Å². The summed E-state index contributed by atoms with van der Waals surface area (Å²) in [5, 5.41) is 0. The van der Waals surface area contributed by atoms with Crippen LogP contribution in [-0.4, -0.2) is 6.54 Å². The third-order valence-corrected chi connectivity index (χ3v) is 3.49. The lowest BCUT2D eigenvalue weighted by molar-refractivity contribution is 0.192. The van der Waals surface area contributed by atoms with Crippen LogP contribution < -0.4 is 5.73 Å². The highest BCUT2D eigenvalue weighted by molar-refractivity contribution is 5.50. The van der Waals surface area contributed by atoms with E-state index < -0.39 is 0 Å². The molecule has 0 amide bonds. The Morgan fingerprint density at radius 3 is 2.44 bits per heavy atom. The number of allylic oxidation sites excluding steroid dienone is 1. The maximum Gasteiger partial charge on any atom is 0.123 e. The van der Waals surface area contributed by atoms with Crippen LogP contribution in [0.4, 0.5) is 4.39 Å². The number of rotatable bonds is 4. The Labute approximate surface area is 96.2 Å². The van der Waals surface area contributed by atoms with Crippen molar-refractivity contribution in [3.63, 3.8) is 0 Å². The molecule has 0 heterocycles. The van der Waals surface area contributed by atoms with Crippen molar-refractivity contribution >= 4 is 6.08 Å². The Kier molecular flexibility index (Phi) is 3.39. The minimum Gasteiger partial charge on any atom is -0.330 e. The fourth-order valence-electron chi connectivity index (χ4n) is 2.27. The zero-order valence-corrected chi connectivity index (χ0v) is 9.45. The summed E-state index contributed by atoms with van der Waals surface area (Å²) in [5.74, 6) is -0.183. The lowest BCUT2D eigenvalue weighted by atomic mass is 9.66. The zero-order chi connectivity index (χ0) is 11.4. The van der Waals surface area contributed by atoms with Crippen LogP contribution in [0.2, 0.25) is 0 Å². The average Bonchev–Trinajstić information content (AvgIpc) is 2.24. The summed E-state index contributed by atoms with van der Waals surface area (Å²) in [5.41, 5.74) is 7.01. The number of hydrogen-bond acceptors (Lipinski definition) is 1. The first-order valence-corrected chi connectivity index (χ1v) is 5.89. The van der Waals surface area contributed by atoms with Gasteiger partial charge in [0, 0.05) is 0 Å². The molecule has 0 aromatic heterocycles. The average molecular weight is 219 g/mol. The Morgan fingerprint density at radius 2 is 1.94 bits per heavy atom. The van der Waals surface area contributed by atoms with Gasteiger partial charge in [0.15, 0.2) is 0 Å². The lowest BCUT2D eigenvalue weighted by Crippen LogP contribution is -2.29. The molecule has 0 unspecified atom stereocenters. The van der Waals surface area contributed by atoms with Crippen LogP contribution in [-0.2, 0) is 0 Å². The van der Waals surface area contributed by atoms with Gasteiger partial charge < -0.3 is 5.73 Å². The number of hydrogen-bond donors (Lipinski definition) is 1. The molecule has 86 valence electrons. The lowest BCUT2D eigenvalue weighted by Gasteiger charge is -2.39. The molecular weight excluding hydrogens is 201 g/mol. The molecule has 1 saturated carbocycles. The molecule has 16 heavy (non-hydrogen) atoms. The van der Waals surface area contributed by atoms with Crippen molar-refractivity contribution in [1.29, 1.82) is 0 Å². The van der Waals surface area contributed by atoms with E-state index in [2.05, 4.69) is 12.2 Å². The van der Waals surface area contributed by atoms with Gasteiger partial charge in [-0.3, -0.25) is 0 Å². The molecule has 1 aliphatic carbocycles. The van der Waals surface area contributed by atoms with E-state index in [-0.39, 0.29) is 5.82 Å². The fraction of sp³-hybridized carbons (Fsp3) is 0.429. The van der Waals surface area contributed by atoms with Crippen molar-refractivity contribution in [3.8, 4) is 0 Å². The van der Waals surface area contributed by atoms with Gasteiger partial charge in [-0.25, -0.2) is 4.39 Å². The quantitative estimate of drug-likeness (QED) is 0.825. The van der Waals surface area contributed by atoms with Crippen LogP contribution in [0, 0.1) is 11.2 Å². The minimum atomic E-state index is -0.183. The van der Waals surface area contributed by atoms with E-state index in [4.69, 9.17) is 5.73 Å². The van der Waals surface area contributed by atoms with E-state index in [1.807, 2.05) is 0 Å². The monoisotopic (exact) mass is 219 g/mol. The first-order valence-electron chi connectivity index (χ1n) is 5.89. The Hall–Kier alpha value is -1.15. The van der Waals surface area contributed by atoms with E-state index in [1.54, 1.807) is 12.1 Å². The molecule has 0 aliphatic heterocycles. The Balaban J connectivity index is 2.05.